The lowest BCUT2D eigenvalue weighted by molar-refractivity contribution is -0.122. The average molecular weight is 277 g/mol. The molecule has 0 spiro atoms. The van der Waals surface area contributed by atoms with Gasteiger partial charge in [-0.3, -0.25) is 9.59 Å². The van der Waals surface area contributed by atoms with Crippen molar-refractivity contribution >= 4 is 17.5 Å². The second-order valence-electron chi connectivity index (χ2n) is 5.31. The molecule has 0 radical (unpaired) electrons. The lowest BCUT2D eigenvalue weighted by atomic mass is 9.82. The number of halogens is 2. The molecule has 1 fully saturated rings. The van der Waals surface area contributed by atoms with Crippen LogP contribution >= 0.6 is 0 Å². The second-order valence-corrected chi connectivity index (χ2v) is 5.31. The Morgan fingerprint density at radius 1 is 1.15 bits per heavy atom. The van der Waals surface area contributed by atoms with Crippen molar-refractivity contribution in [3.8, 4) is 0 Å². The highest BCUT2D eigenvalue weighted by atomic mass is 19.1. The number of benzene rings is 1. The highest BCUT2D eigenvalue weighted by Gasteiger charge is 2.49. The van der Waals surface area contributed by atoms with Gasteiger partial charge in [-0.15, -0.1) is 0 Å². The van der Waals surface area contributed by atoms with E-state index >= 15 is 0 Å². The van der Waals surface area contributed by atoms with Crippen LogP contribution in [0.1, 0.15) is 19.8 Å². The fourth-order valence-electron chi connectivity index (χ4n) is 2.94. The van der Waals surface area contributed by atoms with Crippen molar-refractivity contribution in [2.24, 2.45) is 11.8 Å². The first-order valence-electron chi connectivity index (χ1n) is 6.47. The lowest BCUT2D eigenvalue weighted by Gasteiger charge is -2.18. The first kappa shape index (κ1) is 13.0. The maximum absolute atomic E-state index is 13.8. The number of hydrogen-bond acceptors (Lipinski definition) is 2. The van der Waals surface area contributed by atoms with Gasteiger partial charge in [-0.2, -0.15) is 0 Å². The number of amides is 2. The zero-order chi connectivity index (χ0) is 14.4. The molecule has 2 atom stereocenters. The van der Waals surface area contributed by atoms with Crippen LogP contribution in [0.5, 0.6) is 0 Å². The van der Waals surface area contributed by atoms with Crippen LogP contribution in [-0.2, 0) is 9.59 Å². The molecule has 0 unspecified atom stereocenters. The van der Waals surface area contributed by atoms with Crippen molar-refractivity contribution in [2.75, 3.05) is 4.90 Å². The number of hydrogen-bond donors (Lipinski definition) is 0. The molecule has 3 rings (SSSR count). The third-order valence-corrected chi connectivity index (χ3v) is 3.97. The van der Waals surface area contributed by atoms with Crippen molar-refractivity contribution in [1.82, 2.24) is 0 Å². The van der Waals surface area contributed by atoms with Crippen LogP contribution in [0, 0.1) is 23.5 Å². The van der Waals surface area contributed by atoms with E-state index in [1.54, 1.807) is 0 Å². The number of carbonyl (C=O) groups is 2. The first-order chi connectivity index (χ1) is 9.49. The highest BCUT2D eigenvalue weighted by molar-refractivity contribution is 6.22. The Bertz CT molecular complexity index is 639. The smallest absolute Gasteiger partial charge is 0.238 e. The number of allylic oxidation sites excluding steroid dienone is 2. The van der Waals surface area contributed by atoms with E-state index in [4.69, 9.17) is 0 Å². The van der Waals surface area contributed by atoms with Crippen LogP contribution in [0.15, 0.2) is 29.8 Å². The Balaban J connectivity index is 2.00. The molecule has 5 heteroatoms. The first-order valence-corrected chi connectivity index (χ1v) is 6.47. The summed E-state index contributed by atoms with van der Waals surface area (Å²) in [7, 11) is 0. The Hall–Kier alpha value is -2.04. The summed E-state index contributed by atoms with van der Waals surface area (Å²) in [4.78, 5) is 25.5. The minimum absolute atomic E-state index is 0.159. The predicted molar refractivity (Wildman–Crippen MR) is 68.8 cm³/mol. The number of nitrogens with zero attached hydrogens (tertiary/aromatic N) is 1. The minimum atomic E-state index is -0.893. The number of fused-ring (bicyclic) bond motifs is 1. The van der Waals surface area contributed by atoms with Gasteiger partial charge in [0.15, 0.2) is 0 Å². The van der Waals surface area contributed by atoms with Crippen LogP contribution < -0.4 is 4.90 Å². The second kappa shape index (κ2) is 4.51. The van der Waals surface area contributed by atoms with Crippen molar-refractivity contribution in [1.29, 1.82) is 0 Å². The molecule has 1 aliphatic heterocycles. The molecule has 20 heavy (non-hydrogen) atoms. The van der Waals surface area contributed by atoms with Gasteiger partial charge < -0.3 is 0 Å². The number of imide groups is 1. The molecule has 0 aromatic heterocycles. The summed E-state index contributed by atoms with van der Waals surface area (Å²) in [6.07, 6.45) is 2.96. The summed E-state index contributed by atoms with van der Waals surface area (Å²) in [6.45, 7) is 1.91. The fraction of sp³-hybridized carbons (Fsp3) is 0.333. The van der Waals surface area contributed by atoms with Crippen LogP contribution in [0.4, 0.5) is 14.5 Å². The molecule has 3 nitrogen and oxygen atoms in total. The molecule has 2 aliphatic rings. The minimum Gasteiger partial charge on any atom is -0.274 e. The van der Waals surface area contributed by atoms with E-state index in [0.717, 1.165) is 22.6 Å². The summed E-state index contributed by atoms with van der Waals surface area (Å²) < 4.78 is 26.7. The number of rotatable bonds is 1. The molecule has 0 N–H and O–H groups in total. The quantitative estimate of drug-likeness (QED) is 0.584. The van der Waals surface area contributed by atoms with E-state index < -0.39 is 35.3 Å². The van der Waals surface area contributed by atoms with Gasteiger partial charge in [0.05, 0.1) is 17.5 Å². The molecule has 2 amide bonds. The van der Waals surface area contributed by atoms with Crippen molar-refractivity contribution in [2.45, 2.75) is 19.8 Å². The van der Waals surface area contributed by atoms with Crippen LogP contribution in [0.25, 0.3) is 0 Å². The fourth-order valence-corrected chi connectivity index (χ4v) is 2.94. The van der Waals surface area contributed by atoms with Crippen molar-refractivity contribution < 1.29 is 18.4 Å². The molecule has 1 aromatic rings. The molecular weight excluding hydrogens is 264 g/mol. The molecule has 0 bridgehead atoms. The SMILES string of the molecule is CC1=CC[C@H]2C(=O)N(c3ccc(F)cc3F)C(=O)[C@@H]2C1. The van der Waals surface area contributed by atoms with E-state index in [9.17, 15) is 18.4 Å². The van der Waals surface area contributed by atoms with E-state index in [2.05, 4.69) is 0 Å². The maximum Gasteiger partial charge on any atom is 0.238 e. The number of carbonyl (C=O) groups excluding carboxylic acids is 2. The molecular formula is C15H13F2NO2. The lowest BCUT2D eigenvalue weighted by Crippen LogP contribution is -2.31. The summed E-state index contributed by atoms with van der Waals surface area (Å²) in [5.41, 5.74) is 0.905. The molecule has 1 heterocycles. The molecule has 104 valence electrons. The third-order valence-electron chi connectivity index (χ3n) is 3.97. The Kier molecular flexibility index (Phi) is 2.92. The maximum atomic E-state index is 13.8. The van der Waals surface area contributed by atoms with Crippen LogP contribution in [0.3, 0.4) is 0 Å². The van der Waals surface area contributed by atoms with Crippen molar-refractivity contribution in [3.63, 3.8) is 0 Å². The van der Waals surface area contributed by atoms with Gasteiger partial charge in [0.25, 0.3) is 0 Å². The predicted octanol–water partition coefficient (Wildman–Crippen LogP) is 2.81. The summed E-state index contributed by atoms with van der Waals surface area (Å²) in [5, 5.41) is 0. The number of anilines is 1. The van der Waals surface area contributed by atoms with Gasteiger partial charge in [-0.25, -0.2) is 13.7 Å². The van der Waals surface area contributed by atoms with Gasteiger partial charge in [0.1, 0.15) is 11.6 Å². The van der Waals surface area contributed by atoms with Crippen molar-refractivity contribution in [3.05, 3.63) is 41.5 Å². The Labute approximate surface area is 114 Å². The van der Waals surface area contributed by atoms with Gasteiger partial charge >= 0.3 is 0 Å². The monoisotopic (exact) mass is 277 g/mol. The Morgan fingerprint density at radius 2 is 1.85 bits per heavy atom. The van der Waals surface area contributed by atoms with E-state index in [1.165, 1.54) is 0 Å². The van der Waals surface area contributed by atoms with Gasteiger partial charge in [0, 0.05) is 6.07 Å². The zero-order valence-corrected chi connectivity index (χ0v) is 10.9. The summed E-state index contributed by atoms with van der Waals surface area (Å²) in [5.74, 6) is -3.25. The largest absolute Gasteiger partial charge is 0.274 e. The molecule has 1 aromatic carbocycles. The van der Waals surface area contributed by atoms with Gasteiger partial charge in [-0.05, 0) is 31.9 Å². The van der Waals surface area contributed by atoms with Crippen LogP contribution in [-0.4, -0.2) is 11.8 Å². The zero-order valence-electron chi connectivity index (χ0n) is 10.9. The van der Waals surface area contributed by atoms with Crippen LogP contribution in [0.2, 0.25) is 0 Å². The highest BCUT2D eigenvalue weighted by Crippen LogP contribution is 2.40. The Morgan fingerprint density at radius 3 is 2.55 bits per heavy atom. The third kappa shape index (κ3) is 1.85. The van der Waals surface area contributed by atoms with E-state index in [1.807, 2.05) is 13.0 Å². The topological polar surface area (TPSA) is 37.4 Å². The standard InChI is InChI=1S/C15H13F2NO2/c1-8-2-4-10-11(6-8)15(20)18(14(10)19)13-5-3-9(16)7-12(13)17/h2-3,5,7,10-11H,4,6H2,1H3/t10-,11-/m1/s1. The van der Waals surface area contributed by atoms with E-state index in [-0.39, 0.29) is 5.69 Å². The van der Waals surface area contributed by atoms with Gasteiger partial charge in [-0.1, -0.05) is 11.6 Å². The summed E-state index contributed by atoms with van der Waals surface area (Å²) >= 11 is 0. The normalized spacial score (nSPS) is 25.8. The molecule has 0 saturated carbocycles. The molecule has 1 saturated heterocycles. The average Bonchev–Trinajstić information content (AvgIpc) is 2.63. The van der Waals surface area contributed by atoms with Gasteiger partial charge in [0.2, 0.25) is 11.8 Å². The van der Waals surface area contributed by atoms with E-state index in [0.29, 0.717) is 18.9 Å². The summed E-state index contributed by atoms with van der Waals surface area (Å²) in [6, 6.07) is 2.86. The molecule has 1 aliphatic carbocycles.